The molecule has 2 aromatic carbocycles. The number of benzene rings is 2. The third kappa shape index (κ3) is 3.06. The van der Waals surface area contributed by atoms with Crippen molar-refractivity contribution in [2.75, 3.05) is 0 Å². The summed E-state index contributed by atoms with van der Waals surface area (Å²) in [5.41, 5.74) is 3.34. The summed E-state index contributed by atoms with van der Waals surface area (Å²) in [5, 5.41) is 0.739. The van der Waals surface area contributed by atoms with Gasteiger partial charge in [-0.1, -0.05) is 45.7 Å². The van der Waals surface area contributed by atoms with Gasteiger partial charge in [0.2, 0.25) is 0 Å². The van der Waals surface area contributed by atoms with Gasteiger partial charge in [-0.3, -0.25) is 0 Å². The van der Waals surface area contributed by atoms with E-state index in [1.807, 2.05) is 36.4 Å². The van der Waals surface area contributed by atoms with Crippen molar-refractivity contribution >= 4 is 27.5 Å². The van der Waals surface area contributed by atoms with Crippen molar-refractivity contribution in [1.29, 1.82) is 0 Å². The van der Waals surface area contributed by atoms with Crippen LogP contribution in [0.5, 0.6) is 5.75 Å². The second kappa shape index (κ2) is 5.77. The van der Waals surface area contributed by atoms with Crippen LogP contribution in [0.15, 0.2) is 40.9 Å². The molecule has 0 aliphatic heterocycles. The van der Waals surface area contributed by atoms with Crippen LogP contribution in [0.1, 0.15) is 16.7 Å². The Labute approximate surface area is 121 Å². The highest BCUT2D eigenvalue weighted by atomic mass is 79.9. The first kappa shape index (κ1) is 13.4. The first-order chi connectivity index (χ1) is 8.58. The lowest BCUT2D eigenvalue weighted by Crippen LogP contribution is -1.97. The first-order valence-corrected chi connectivity index (χ1v) is 6.88. The summed E-state index contributed by atoms with van der Waals surface area (Å²) in [7, 11) is 0. The molecule has 0 atom stereocenters. The van der Waals surface area contributed by atoms with Gasteiger partial charge < -0.3 is 4.74 Å². The average molecular weight is 326 g/mol. The van der Waals surface area contributed by atoms with E-state index in [-0.39, 0.29) is 0 Å². The molecular formula is C15H14BrClO. The van der Waals surface area contributed by atoms with Crippen molar-refractivity contribution in [2.45, 2.75) is 20.5 Å². The summed E-state index contributed by atoms with van der Waals surface area (Å²) in [6, 6.07) is 11.8. The van der Waals surface area contributed by atoms with Crippen molar-refractivity contribution in [2.24, 2.45) is 0 Å². The minimum Gasteiger partial charge on any atom is -0.489 e. The van der Waals surface area contributed by atoms with Crippen LogP contribution in [-0.4, -0.2) is 0 Å². The fraction of sp³-hybridized carbons (Fsp3) is 0.200. The third-order valence-corrected chi connectivity index (χ3v) is 4.38. The topological polar surface area (TPSA) is 9.23 Å². The van der Waals surface area contributed by atoms with Crippen molar-refractivity contribution in [3.8, 4) is 5.75 Å². The molecule has 0 aliphatic carbocycles. The third-order valence-electron chi connectivity index (χ3n) is 2.76. The SMILES string of the molecule is Cc1cc(OCc2ccccc2Cl)cc(C)c1Br. The van der Waals surface area contributed by atoms with Gasteiger partial charge in [0.1, 0.15) is 12.4 Å². The van der Waals surface area contributed by atoms with Crippen LogP contribution in [0.2, 0.25) is 5.02 Å². The van der Waals surface area contributed by atoms with E-state index >= 15 is 0 Å². The highest BCUT2D eigenvalue weighted by molar-refractivity contribution is 9.10. The maximum Gasteiger partial charge on any atom is 0.120 e. The van der Waals surface area contributed by atoms with Gasteiger partial charge in [0.15, 0.2) is 0 Å². The largest absolute Gasteiger partial charge is 0.489 e. The molecule has 18 heavy (non-hydrogen) atoms. The Bertz CT molecular complexity index is 543. The zero-order chi connectivity index (χ0) is 13.1. The molecule has 2 aromatic rings. The van der Waals surface area contributed by atoms with Gasteiger partial charge in [0, 0.05) is 15.1 Å². The zero-order valence-electron chi connectivity index (χ0n) is 10.3. The maximum absolute atomic E-state index is 6.09. The van der Waals surface area contributed by atoms with Gasteiger partial charge in [-0.25, -0.2) is 0 Å². The molecule has 0 N–H and O–H groups in total. The molecule has 0 saturated carbocycles. The Hall–Kier alpha value is -0.990. The number of ether oxygens (including phenoxy) is 1. The lowest BCUT2D eigenvalue weighted by atomic mass is 10.1. The van der Waals surface area contributed by atoms with E-state index in [2.05, 4.69) is 29.8 Å². The Kier molecular flexibility index (Phi) is 4.31. The van der Waals surface area contributed by atoms with E-state index in [1.54, 1.807) is 0 Å². The van der Waals surface area contributed by atoms with Crippen LogP contribution >= 0.6 is 27.5 Å². The number of aryl methyl sites for hydroxylation is 2. The molecule has 0 bridgehead atoms. The number of rotatable bonds is 3. The second-order valence-electron chi connectivity index (χ2n) is 4.25. The highest BCUT2D eigenvalue weighted by Crippen LogP contribution is 2.27. The number of hydrogen-bond donors (Lipinski definition) is 0. The van der Waals surface area contributed by atoms with Crippen molar-refractivity contribution < 1.29 is 4.74 Å². The normalized spacial score (nSPS) is 10.4. The van der Waals surface area contributed by atoms with E-state index in [4.69, 9.17) is 16.3 Å². The first-order valence-electron chi connectivity index (χ1n) is 5.71. The predicted molar refractivity (Wildman–Crippen MR) is 79.4 cm³/mol. The van der Waals surface area contributed by atoms with E-state index in [0.29, 0.717) is 6.61 Å². The van der Waals surface area contributed by atoms with E-state index in [1.165, 1.54) is 11.1 Å². The van der Waals surface area contributed by atoms with Gasteiger partial charge in [-0.05, 0) is 43.2 Å². The molecule has 0 fully saturated rings. The molecular weight excluding hydrogens is 312 g/mol. The molecule has 2 rings (SSSR count). The van der Waals surface area contributed by atoms with E-state index in [0.717, 1.165) is 20.8 Å². The maximum atomic E-state index is 6.09. The molecule has 0 radical (unpaired) electrons. The van der Waals surface area contributed by atoms with Crippen LogP contribution in [0, 0.1) is 13.8 Å². The smallest absolute Gasteiger partial charge is 0.120 e. The van der Waals surface area contributed by atoms with Gasteiger partial charge in [-0.15, -0.1) is 0 Å². The number of halogens is 2. The van der Waals surface area contributed by atoms with Crippen LogP contribution in [0.4, 0.5) is 0 Å². The Morgan fingerprint density at radius 1 is 1.11 bits per heavy atom. The summed E-state index contributed by atoms with van der Waals surface area (Å²) in [4.78, 5) is 0. The van der Waals surface area contributed by atoms with Crippen molar-refractivity contribution in [1.82, 2.24) is 0 Å². The Balaban J connectivity index is 2.14. The summed E-state index contributed by atoms with van der Waals surface area (Å²) >= 11 is 9.63. The molecule has 1 nitrogen and oxygen atoms in total. The fourth-order valence-corrected chi connectivity index (χ4v) is 2.19. The molecule has 0 amide bonds. The van der Waals surface area contributed by atoms with E-state index < -0.39 is 0 Å². The highest BCUT2D eigenvalue weighted by Gasteiger charge is 2.04. The molecule has 0 unspecified atom stereocenters. The molecule has 0 aromatic heterocycles. The zero-order valence-corrected chi connectivity index (χ0v) is 12.7. The Morgan fingerprint density at radius 2 is 1.72 bits per heavy atom. The van der Waals surface area contributed by atoms with Crippen LogP contribution < -0.4 is 4.74 Å². The molecule has 0 spiro atoms. The van der Waals surface area contributed by atoms with Crippen LogP contribution in [0.25, 0.3) is 0 Å². The summed E-state index contributed by atoms with van der Waals surface area (Å²) in [6.45, 7) is 4.60. The Morgan fingerprint density at radius 3 is 2.33 bits per heavy atom. The van der Waals surface area contributed by atoms with Crippen molar-refractivity contribution in [3.05, 3.63) is 62.6 Å². The lowest BCUT2D eigenvalue weighted by molar-refractivity contribution is 0.306. The number of hydrogen-bond acceptors (Lipinski definition) is 1. The molecule has 0 aliphatic rings. The minimum atomic E-state index is 0.486. The minimum absolute atomic E-state index is 0.486. The van der Waals surface area contributed by atoms with Gasteiger partial charge in [-0.2, -0.15) is 0 Å². The summed E-state index contributed by atoms with van der Waals surface area (Å²) in [5.74, 6) is 0.869. The summed E-state index contributed by atoms with van der Waals surface area (Å²) < 4.78 is 6.92. The molecule has 0 saturated heterocycles. The predicted octanol–water partition coefficient (Wildman–Crippen LogP) is 5.30. The monoisotopic (exact) mass is 324 g/mol. The lowest BCUT2D eigenvalue weighted by Gasteiger charge is -2.11. The van der Waals surface area contributed by atoms with Gasteiger partial charge >= 0.3 is 0 Å². The van der Waals surface area contributed by atoms with Crippen LogP contribution in [0.3, 0.4) is 0 Å². The molecule has 94 valence electrons. The second-order valence-corrected chi connectivity index (χ2v) is 5.45. The van der Waals surface area contributed by atoms with Crippen molar-refractivity contribution in [3.63, 3.8) is 0 Å². The van der Waals surface area contributed by atoms with Gasteiger partial charge in [0.05, 0.1) is 0 Å². The molecule has 3 heteroatoms. The summed E-state index contributed by atoms with van der Waals surface area (Å²) in [6.07, 6.45) is 0. The average Bonchev–Trinajstić information content (AvgIpc) is 2.35. The standard InChI is InChI=1S/C15H14BrClO/c1-10-7-13(8-11(2)15(10)16)18-9-12-5-3-4-6-14(12)17/h3-8H,9H2,1-2H3. The van der Waals surface area contributed by atoms with Gasteiger partial charge in [0.25, 0.3) is 0 Å². The fourth-order valence-electron chi connectivity index (χ4n) is 1.77. The quantitative estimate of drug-likeness (QED) is 0.744. The van der Waals surface area contributed by atoms with Crippen LogP contribution in [-0.2, 0) is 6.61 Å². The van der Waals surface area contributed by atoms with E-state index in [9.17, 15) is 0 Å². The molecule has 0 heterocycles.